The van der Waals surface area contributed by atoms with Crippen molar-refractivity contribution >= 4 is 5.91 Å². The molecule has 0 unspecified atom stereocenters. The van der Waals surface area contributed by atoms with Crippen LogP contribution < -0.4 is 5.32 Å². The average molecular weight is 186 g/mol. The molecule has 0 radical (unpaired) electrons. The predicted octanol–water partition coefficient (Wildman–Crippen LogP) is -0.565. The third-order valence-electron chi connectivity index (χ3n) is 2.72. The fourth-order valence-corrected chi connectivity index (χ4v) is 1.49. The molecule has 0 aromatic carbocycles. The minimum absolute atomic E-state index is 0.00538. The van der Waals surface area contributed by atoms with E-state index in [0.29, 0.717) is 19.6 Å². The predicted molar refractivity (Wildman–Crippen MR) is 50.3 cm³/mol. The maximum atomic E-state index is 11.0. The Morgan fingerprint density at radius 3 is 2.54 bits per heavy atom. The number of amides is 1. The highest BCUT2D eigenvalue weighted by atomic mass is 16.3. The van der Waals surface area contributed by atoms with Crippen LogP contribution in [0.1, 0.15) is 13.8 Å². The van der Waals surface area contributed by atoms with Crippen molar-refractivity contribution in [2.45, 2.75) is 19.4 Å². The van der Waals surface area contributed by atoms with Crippen LogP contribution in [0.15, 0.2) is 0 Å². The van der Waals surface area contributed by atoms with Crippen LogP contribution in [-0.4, -0.2) is 48.2 Å². The van der Waals surface area contributed by atoms with Crippen molar-refractivity contribution in [2.75, 3.05) is 26.7 Å². The zero-order valence-corrected chi connectivity index (χ0v) is 8.50. The number of hydrogen-bond donors (Lipinski definition) is 2. The van der Waals surface area contributed by atoms with Crippen molar-refractivity contribution < 1.29 is 9.90 Å². The lowest BCUT2D eigenvalue weighted by Gasteiger charge is -2.48. The molecular weight excluding hydrogens is 168 g/mol. The molecule has 1 rings (SSSR count). The molecule has 1 heterocycles. The van der Waals surface area contributed by atoms with Crippen molar-refractivity contribution in [3.8, 4) is 0 Å². The van der Waals surface area contributed by atoms with Crippen molar-refractivity contribution in [1.82, 2.24) is 10.2 Å². The Bertz CT molecular complexity index is 198. The minimum Gasteiger partial charge on any atom is -0.387 e. The molecule has 0 aromatic heterocycles. The molecule has 2 N–H and O–H groups in total. The van der Waals surface area contributed by atoms with Gasteiger partial charge in [0.25, 0.3) is 0 Å². The number of nitrogens with one attached hydrogen (secondary N) is 1. The summed E-state index contributed by atoms with van der Waals surface area (Å²) in [4.78, 5) is 12.9. The highest BCUT2D eigenvalue weighted by Gasteiger charge is 2.43. The Morgan fingerprint density at radius 2 is 2.15 bits per heavy atom. The average Bonchev–Trinajstić information content (AvgIpc) is 2.00. The van der Waals surface area contributed by atoms with Gasteiger partial charge in [-0.1, -0.05) is 13.8 Å². The lowest BCUT2D eigenvalue weighted by Crippen LogP contribution is -2.65. The second-order valence-electron chi connectivity index (χ2n) is 4.08. The molecule has 13 heavy (non-hydrogen) atoms. The lowest BCUT2D eigenvalue weighted by molar-refractivity contribution is -0.142. The van der Waals surface area contributed by atoms with Gasteiger partial charge in [-0.3, -0.25) is 9.69 Å². The Hall–Kier alpha value is -0.610. The first-order valence-electron chi connectivity index (χ1n) is 4.63. The summed E-state index contributed by atoms with van der Waals surface area (Å²) >= 11 is 0. The number of carbonyl (C=O) groups is 1. The van der Waals surface area contributed by atoms with Gasteiger partial charge in [-0.05, 0) is 5.92 Å². The van der Waals surface area contributed by atoms with Gasteiger partial charge >= 0.3 is 0 Å². The summed E-state index contributed by atoms with van der Waals surface area (Å²) < 4.78 is 0. The monoisotopic (exact) mass is 186 g/mol. The van der Waals surface area contributed by atoms with E-state index >= 15 is 0 Å². The Balaban J connectivity index is 2.29. The van der Waals surface area contributed by atoms with Crippen LogP contribution in [0.4, 0.5) is 0 Å². The summed E-state index contributed by atoms with van der Waals surface area (Å²) in [5, 5.41) is 12.4. The van der Waals surface area contributed by atoms with Crippen LogP contribution in [0.2, 0.25) is 0 Å². The molecule has 4 nitrogen and oxygen atoms in total. The molecule has 76 valence electrons. The van der Waals surface area contributed by atoms with E-state index in [9.17, 15) is 9.90 Å². The van der Waals surface area contributed by atoms with E-state index < -0.39 is 5.60 Å². The zero-order valence-electron chi connectivity index (χ0n) is 8.50. The van der Waals surface area contributed by atoms with E-state index in [1.54, 1.807) is 7.05 Å². The molecule has 1 aliphatic rings. The normalized spacial score (nSPS) is 21.3. The van der Waals surface area contributed by atoms with Crippen LogP contribution in [0.25, 0.3) is 0 Å². The van der Waals surface area contributed by atoms with Crippen molar-refractivity contribution in [3.63, 3.8) is 0 Å². The molecular formula is C9H18N2O2. The van der Waals surface area contributed by atoms with Gasteiger partial charge in [0.2, 0.25) is 5.91 Å². The maximum Gasteiger partial charge on any atom is 0.233 e. The van der Waals surface area contributed by atoms with Crippen molar-refractivity contribution in [2.24, 2.45) is 5.92 Å². The number of β-amino-alcohol motifs (C(OH)–C–C–N with tert-alkyl or cyclic N) is 1. The van der Waals surface area contributed by atoms with Crippen molar-refractivity contribution in [3.05, 3.63) is 0 Å². The number of rotatable bonds is 3. The number of carbonyl (C=O) groups excluding carboxylic acids is 1. The number of hydrogen-bond acceptors (Lipinski definition) is 3. The van der Waals surface area contributed by atoms with Gasteiger partial charge < -0.3 is 10.4 Å². The Morgan fingerprint density at radius 1 is 1.62 bits per heavy atom. The quantitative estimate of drug-likeness (QED) is 0.621. The summed E-state index contributed by atoms with van der Waals surface area (Å²) in [6.45, 7) is 5.61. The molecule has 0 aliphatic carbocycles. The largest absolute Gasteiger partial charge is 0.387 e. The second-order valence-corrected chi connectivity index (χ2v) is 4.08. The minimum atomic E-state index is -0.575. The van der Waals surface area contributed by atoms with Gasteiger partial charge in [0.1, 0.15) is 0 Å². The molecule has 4 heteroatoms. The van der Waals surface area contributed by atoms with Crippen LogP contribution in [0, 0.1) is 5.92 Å². The second kappa shape index (κ2) is 3.64. The summed E-state index contributed by atoms with van der Waals surface area (Å²) in [6, 6.07) is 0. The number of likely N-dealkylation sites (tertiary alicyclic amines) is 1. The van der Waals surface area contributed by atoms with Crippen LogP contribution in [0.5, 0.6) is 0 Å². The molecule has 1 fully saturated rings. The number of aliphatic hydroxyl groups is 1. The summed E-state index contributed by atoms with van der Waals surface area (Å²) in [6.07, 6.45) is 0. The summed E-state index contributed by atoms with van der Waals surface area (Å²) in [5.74, 6) is 0.263. The van der Waals surface area contributed by atoms with Gasteiger partial charge in [0.15, 0.2) is 0 Å². The van der Waals surface area contributed by atoms with Gasteiger partial charge in [0, 0.05) is 20.1 Å². The first kappa shape index (κ1) is 10.5. The number of likely N-dealkylation sites (N-methyl/N-ethyl adjacent to an activating group) is 1. The third kappa shape index (κ3) is 2.19. The van der Waals surface area contributed by atoms with E-state index in [4.69, 9.17) is 0 Å². The smallest absolute Gasteiger partial charge is 0.233 e. The van der Waals surface area contributed by atoms with Crippen molar-refractivity contribution in [1.29, 1.82) is 0 Å². The molecule has 1 saturated heterocycles. The standard InChI is InChI=1S/C9H18N2O2/c1-7(2)9(13)5-11(6-9)4-8(12)10-3/h7,13H,4-6H2,1-3H3,(H,10,12). The zero-order chi connectivity index (χ0) is 10.1. The van der Waals surface area contributed by atoms with E-state index in [1.807, 2.05) is 18.7 Å². The Labute approximate surface area is 78.9 Å². The SMILES string of the molecule is CNC(=O)CN1CC(O)(C(C)C)C1. The van der Waals surface area contributed by atoms with E-state index in [1.165, 1.54) is 0 Å². The third-order valence-corrected chi connectivity index (χ3v) is 2.72. The van der Waals surface area contributed by atoms with E-state index in [2.05, 4.69) is 5.32 Å². The van der Waals surface area contributed by atoms with Gasteiger partial charge in [-0.15, -0.1) is 0 Å². The molecule has 0 bridgehead atoms. The first-order chi connectivity index (χ1) is 5.98. The van der Waals surface area contributed by atoms with Gasteiger partial charge in [0.05, 0.1) is 12.1 Å². The highest BCUT2D eigenvalue weighted by Crippen LogP contribution is 2.27. The summed E-state index contributed by atoms with van der Waals surface area (Å²) in [7, 11) is 1.62. The molecule has 1 aliphatic heterocycles. The van der Waals surface area contributed by atoms with E-state index in [0.717, 1.165) is 0 Å². The fourth-order valence-electron chi connectivity index (χ4n) is 1.49. The van der Waals surface area contributed by atoms with E-state index in [-0.39, 0.29) is 11.8 Å². The molecule has 1 amide bonds. The molecule has 0 aromatic rings. The van der Waals surface area contributed by atoms with Crippen LogP contribution in [0.3, 0.4) is 0 Å². The molecule has 0 saturated carbocycles. The summed E-state index contributed by atoms with van der Waals surface area (Å²) in [5.41, 5.74) is -0.575. The molecule has 0 atom stereocenters. The topological polar surface area (TPSA) is 52.6 Å². The molecule has 0 spiro atoms. The van der Waals surface area contributed by atoms with Crippen LogP contribution in [-0.2, 0) is 4.79 Å². The van der Waals surface area contributed by atoms with Gasteiger partial charge in [-0.25, -0.2) is 0 Å². The Kier molecular flexibility index (Phi) is 2.93. The van der Waals surface area contributed by atoms with Gasteiger partial charge in [-0.2, -0.15) is 0 Å². The number of nitrogens with zero attached hydrogens (tertiary/aromatic N) is 1. The highest BCUT2D eigenvalue weighted by molar-refractivity contribution is 5.77. The first-order valence-corrected chi connectivity index (χ1v) is 4.63. The fraction of sp³-hybridized carbons (Fsp3) is 0.889. The lowest BCUT2D eigenvalue weighted by atomic mass is 9.83. The maximum absolute atomic E-state index is 11.0. The van der Waals surface area contributed by atoms with Crippen LogP contribution >= 0.6 is 0 Å².